The number of nitrogens with one attached hydrogen (secondary N) is 1. The molecule has 0 saturated carbocycles. The van der Waals surface area contributed by atoms with Gasteiger partial charge in [0.25, 0.3) is 0 Å². The van der Waals surface area contributed by atoms with E-state index in [1.165, 1.54) is 0 Å². The number of hydrogen-bond acceptors (Lipinski definition) is 4. The minimum atomic E-state index is 0.843. The third kappa shape index (κ3) is 0.818. The van der Waals surface area contributed by atoms with Crippen LogP contribution in [0.4, 0.5) is 0 Å². The molecule has 1 aromatic rings. The molecule has 0 aliphatic carbocycles. The lowest BCUT2D eigenvalue weighted by Gasteiger charge is -2.11. The van der Waals surface area contributed by atoms with Crippen molar-refractivity contribution in [3.05, 3.63) is 6.33 Å². The summed E-state index contributed by atoms with van der Waals surface area (Å²) < 4.78 is 1.98. The highest BCUT2D eigenvalue weighted by Crippen LogP contribution is 2.15. The van der Waals surface area contributed by atoms with E-state index >= 15 is 0 Å². The van der Waals surface area contributed by atoms with Crippen molar-refractivity contribution >= 4 is 11.8 Å². The molecule has 2 heterocycles. The lowest BCUT2D eigenvalue weighted by Crippen LogP contribution is -2.22. The SMILES string of the molecule is c1nnc2n1CNCS2. The van der Waals surface area contributed by atoms with Crippen molar-refractivity contribution in [1.82, 2.24) is 20.1 Å². The summed E-state index contributed by atoms with van der Waals surface area (Å²) in [6.45, 7) is 0.843. The molecule has 9 heavy (non-hydrogen) atoms. The molecule has 0 saturated heterocycles. The van der Waals surface area contributed by atoms with Gasteiger partial charge in [0.1, 0.15) is 6.33 Å². The maximum atomic E-state index is 3.89. The summed E-state index contributed by atoms with van der Waals surface area (Å²) in [6.07, 6.45) is 1.73. The third-order valence-electron chi connectivity index (χ3n) is 1.17. The van der Waals surface area contributed by atoms with E-state index in [0.29, 0.717) is 0 Å². The van der Waals surface area contributed by atoms with E-state index in [2.05, 4.69) is 15.5 Å². The summed E-state index contributed by atoms with van der Waals surface area (Å²) in [5.41, 5.74) is 0. The van der Waals surface area contributed by atoms with Crippen LogP contribution in [0.15, 0.2) is 11.5 Å². The Morgan fingerprint density at radius 2 is 2.78 bits per heavy atom. The standard InChI is InChI=1S/C4H6N4S/c1-5-3-9-4-7-6-2-8(1)4/h2,5H,1,3H2. The Labute approximate surface area is 56.7 Å². The normalized spacial score (nSPS) is 17.3. The van der Waals surface area contributed by atoms with Gasteiger partial charge >= 0.3 is 0 Å². The summed E-state index contributed by atoms with van der Waals surface area (Å²) in [6, 6.07) is 0. The van der Waals surface area contributed by atoms with E-state index in [9.17, 15) is 0 Å². The summed E-state index contributed by atoms with van der Waals surface area (Å²) in [7, 11) is 0. The highest BCUT2D eigenvalue weighted by Gasteiger charge is 2.07. The van der Waals surface area contributed by atoms with Gasteiger partial charge in [0, 0.05) is 0 Å². The van der Waals surface area contributed by atoms with Gasteiger partial charge < -0.3 is 0 Å². The van der Waals surface area contributed by atoms with E-state index in [-0.39, 0.29) is 0 Å². The number of fused-ring (bicyclic) bond motifs is 1. The van der Waals surface area contributed by atoms with Crippen molar-refractivity contribution in [2.75, 3.05) is 5.88 Å². The van der Waals surface area contributed by atoms with Gasteiger partial charge in [-0.2, -0.15) is 0 Å². The van der Waals surface area contributed by atoms with Gasteiger partial charge in [-0.25, -0.2) is 0 Å². The largest absolute Gasteiger partial charge is 0.295 e. The number of thioether (sulfide) groups is 1. The first kappa shape index (κ1) is 5.25. The van der Waals surface area contributed by atoms with Crippen LogP contribution in [-0.2, 0) is 6.67 Å². The molecule has 0 aromatic carbocycles. The second-order valence-electron chi connectivity index (χ2n) is 1.78. The first-order valence-electron chi connectivity index (χ1n) is 2.68. The summed E-state index contributed by atoms with van der Waals surface area (Å²) >= 11 is 1.67. The van der Waals surface area contributed by atoms with Crippen molar-refractivity contribution in [3.8, 4) is 0 Å². The Hall–Kier alpha value is -0.550. The van der Waals surface area contributed by atoms with Crippen LogP contribution in [0, 0.1) is 0 Å². The van der Waals surface area contributed by atoms with Gasteiger partial charge in [-0.05, 0) is 0 Å². The molecule has 0 unspecified atom stereocenters. The van der Waals surface area contributed by atoms with E-state index in [4.69, 9.17) is 0 Å². The van der Waals surface area contributed by atoms with Gasteiger partial charge in [-0.3, -0.25) is 9.88 Å². The number of rotatable bonds is 0. The molecule has 1 aliphatic rings. The smallest absolute Gasteiger partial charge is 0.193 e. The molecule has 0 atom stereocenters. The van der Waals surface area contributed by atoms with Crippen molar-refractivity contribution < 1.29 is 0 Å². The zero-order valence-corrected chi connectivity index (χ0v) is 5.56. The molecule has 0 fully saturated rings. The summed E-state index contributed by atoms with van der Waals surface area (Å²) in [4.78, 5) is 0. The van der Waals surface area contributed by atoms with Crippen LogP contribution in [0.1, 0.15) is 0 Å². The predicted molar refractivity (Wildman–Crippen MR) is 33.9 cm³/mol. The molecule has 0 amide bonds. The molecule has 0 spiro atoms. The number of hydrogen-bond donors (Lipinski definition) is 1. The van der Waals surface area contributed by atoms with Crippen molar-refractivity contribution in [1.29, 1.82) is 0 Å². The van der Waals surface area contributed by atoms with Gasteiger partial charge in [-0.1, -0.05) is 11.8 Å². The topological polar surface area (TPSA) is 42.7 Å². The average Bonchev–Trinajstić information content (AvgIpc) is 2.33. The van der Waals surface area contributed by atoms with Crippen LogP contribution in [0.2, 0.25) is 0 Å². The molecule has 48 valence electrons. The quantitative estimate of drug-likeness (QED) is 0.549. The number of nitrogens with zero attached hydrogens (tertiary/aromatic N) is 3. The molecule has 0 bridgehead atoms. The van der Waals surface area contributed by atoms with E-state index < -0.39 is 0 Å². The molecular weight excluding hydrogens is 136 g/mol. The second-order valence-corrected chi connectivity index (χ2v) is 2.72. The maximum Gasteiger partial charge on any atom is 0.193 e. The van der Waals surface area contributed by atoms with Crippen LogP contribution in [-0.4, -0.2) is 20.6 Å². The molecular formula is C4H6N4S. The zero-order chi connectivity index (χ0) is 6.10. The van der Waals surface area contributed by atoms with Crippen LogP contribution in [0.5, 0.6) is 0 Å². The zero-order valence-electron chi connectivity index (χ0n) is 4.74. The molecule has 1 aromatic heterocycles. The average molecular weight is 142 g/mol. The lowest BCUT2D eigenvalue weighted by atomic mass is 10.9. The fourth-order valence-electron chi connectivity index (χ4n) is 0.746. The Morgan fingerprint density at radius 3 is 3.67 bits per heavy atom. The fourth-order valence-corrected chi connectivity index (χ4v) is 1.45. The monoisotopic (exact) mass is 142 g/mol. The molecule has 1 aliphatic heterocycles. The molecule has 2 rings (SSSR count). The first-order chi connectivity index (χ1) is 4.47. The van der Waals surface area contributed by atoms with E-state index in [1.54, 1.807) is 18.1 Å². The van der Waals surface area contributed by atoms with Gasteiger partial charge in [0.2, 0.25) is 0 Å². The Kier molecular flexibility index (Phi) is 1.17. The Bertz CT molecular complexity index is 188. The van der Waals surface area contributed by atoms with E-state index in [0.717, 1.165) is 17.7 Å². The predicted octanol–water partition coefficient (Wildman–Crippen LogP) is -0.112. The van der Waals surface area contributed by atoms with Crippen LogP contribution in [0.25, 0.3) is 0 Å². The van der Waals surface area contributed by atoms with Gasteiger partial charge in [-0.15, -0.1) is 10.2 Å². The highest BCUT2D eigenvalue weighted by atomic mass is 32.2. The van der Waals surface area contributed by atoms with Crippen molar-refractivity contribution in [3.63, 3.8) is 0 Å². The Morgan fingerprint density at radius 1 is 1.78 bits per heavy atom. The summed E-state index contributed by atoms with van der Waals surface area (Å²) in [5, 5.41) is 11.8. The lowest BCUT2D eigenvalue weighted by molar-refractivity contribution is 0.545. The molecule has 5 heteroatoms. The van der Waals surface area contributed by atoms with Crippen LogP contribution < -0.4 is 5.32 Å². The van der Waals surface area contributed by atoms with Crippen molar-refractivity contribution in [2.45, 2.75) is 11.8 Å². The van der Waals surface area contributed by atoms with Crippen LogP contribution >= 0.6 is 11.8 Å². The summed E-state index contributed by atoms with van der Waals surface area (Å²) in [5.74, 6) is 0.943. The minimum Gasteiger partial charge on any atom is -0.295 e. The molecule has 1 N–H and O–H groups in total. The van der Waals surface area contributed by atoms with Gasteiger partial charge in [0.15, 0.2) is 5.16 Å². The second kappa shape index (κ2) is 2.00. The third-order valence-corrected chi connectivity index (χ3v) is 2.09. The minimum absolute atomic E-state index is 0.843. The van der Waals surface area contributed by atoms with Crippen molar-refractivity contribution in [2.24, 2.45) is 0 Å². The van der Waals surface area contributed by atoms with Crippen LogP contribution in [0.3, 0.4) is 0 Å². The molecule has 4 nitrogen and oxygen atoms in total. The number of aromatic nitrogens is 3. The Balaban J connectivity index is 2.39. The maximum absolute atomic E-state index is 3.89. The fraction of sp³-hybridized carbons (Fsp3) is 0.500. The molecule has 0 radical (unpaired) electrons. The van der Waals surface area contributed by atoms with Gasteiger partial charge in [0.05, 0.1) is 12.5 Å². The highest BCUT2D eigenvalue weighted by molar-refractivity contribution is 7.99. The first-order valence-corrected chi connectivity index (χ1v) is 3.67. The van der Waals surface area contributed by atoms with E-state index in [1.807, 2.05) is 4.57 Å².